The number of aryl methyl sites for hydroxylation is 1. The number of guanidine groups is 1. The van der Waals surface area contributed by atoms with Gasteiger partial charge in [-0.05, 0) is 48.6 Å². The summed E-state index contributed by atoms with van der Waals surface area (Å²) in [6.45, 7) is 2.69. The van der Waals surface area contributed by atoms with E-state index in [1.807, 2.05) is 6.26 Å². The Hall–Kier alpha value is -1.81. The number of hydrogen-bond donors (Lipinski definition) is 3. The highest BCUT2D eigenvalue weighted by Crippen LogP contribution is 2.21. The summed E-state index contributed by atoms with van der Waals surface area (Å²) in [5, 5.41) is 8.78. The number of nitrogens with one attached hydrogen (secondary N) is 3. The lowest BCUT2D eigenvalue weighted by Crippen LogP contribution is -2.41. The minimum absolute atomic E-state index is 0. The summed E-state index contributed by atoms with van der Waals surface area (Å²) in [7, 11) is 1.64. The number of amides is 1. The van der Waals surface area contributed by atoms with Gasteiger partial charge in [0.1, 0.15) is 5.82 Å². The number of anilines is 1. The predicted molar refractivity (Wildman–Crippen MR) is 122 cm³/mol. The minimum Gasteiger partial charge on any atom is -0.352 e. The molecule has 146 valence electrons. The lowest BCUT2D eigenvalue weighted by atomic mass is 10.1. The van der Waals surface area contributed by atoms with E-state index in [9.17, 15) is 9.18 Å². The Kier molecular flexibility index (Phi) is 10.2. The molecule has 0 atom stereocenters. The van der Waals surface area contributed by atoms with E-state index in [1.54, 1.807) is 30.9 Å². The van der Waals surface area contributed by atoms with Crippen molar-refractivity contribution in [2.75, 3.05) is 25.2 Å². The van der Waals surface area contributed by atoms with Gasteiger partial charge in [-0.3, -0.25) is 9.79 Å². The Morgan fingerprint density at radius 1 is 1.19 bits per heavy atom. The molecule has 0 unspecified atom stereocenters. The quantitative estimate of drug-likeness (QED) is 0.244. The molecule has 2 rings (SSSR count). The summed E-state index contributed by atoms with van der Waals surface area (Å²) in [6, 6.07) is 12.1. The molecule has 0 radical (unpaired) electrons. The van der Waals surface area contributed by atoms with E-state index in [-0.39, 0.29) is 36.4 Å². The number of nitrogens with zero attached hydrogens (tertiary/aromatic N) is 1. The molecule has 3 N–H and O–H groups in total. The highest BCUT2D eigenvalue weighted by Gasteiger charge is 2.07. The predicted octanol–water partition coefficient (Wildman–Crippen LogP) is 3.78. The number of thioether (sulfide) groups is 1. The first-order valence-electron chi connectivity index (χ1n) is 8.15. The van der Waals surface area contributed by atoms with Crippen molar-refractivity contribution in [2.24, 2.45) is 4.99 Å². The van der Waals surface area contributed by atoms with Crippen molar-refractivity contribution in [1.82, 2.24) is 10.6 Å². The maximum absolute atomic E-state index is 13.1. The highest BCUT2D eigenvalue weighted by atomic mass is 127. The standard InChI is InChI=1S/C19H23FN4OS.HI/c1-13-7-8-14(17(9-13)26-3)11-22-19(21-2)23-12-18(25)24-16-6-4-5-15(20)10-16;/h4-10H,11-12H2,1-3H3,(H,24,25)(H2,21,22,23);1H. The summed E-state index contributed by atoms with van der Waals surface area (Å²) in [6.07, 6.45) is 2.04. The molecule has 0 saturated heterocycles. The zero-order chi connectivity index (χ0) is 18.9. The van der Waals surface area contributed by atoms with E-state index >= 15 is 0 Å². The average Bonchev–Trinajstić information content (AvgIpc) is 2.62. The van der Waals surface area contributed by atoms with Gasteiger partial charge in [-0.2, -0.15) is 0 Å². The topological polar surface area (TPSA) is 65.5 Å². The van der Waals surface area contributed by atoms with Gasteiger partial charge < -0.3 is 16.0 Å². The van der Waals surface area contributed by atoms with Gasteiger partial charge in [0.15, 0.2) is 5.96 Å². The number of carbonyl (C=O) groups is 1. The molecule has 0 aliphatic carbocycles. The largest absolute Gasteiger partial charge is 0.352 e. The van der Waals surface area contributed by atoms with Crippen LogP contribution in [0, 0.1) is 12.7 Å². The molecule has 8 heteroatoms. The van der Waals surface area contributed by atoms with Gasteiger partial charge in [0, 0.05) is 24.2 Å². The van der Waals surface area contributed by atoms with Gasteiger partial charge in [-0.15, -0.1) is 35.7 Å². The van der Waals surface area contributed by atoms with Gasteiger partial charge in [0.25, 0.3) is 0 Å². The second-order valence-electron chi connectivity index (χ2n) is 5.65. The normalized spacial score (nSPS) is 10.7. The van der Waals surface area contributed by atoms with Gasteiger partial charge in [0.2, 0.25) is 5.91 Å². The molecular weight excluding hydrogens is 478 g/mol. The SMILES string of the molecule is CN=C(NCC(=O)Nc1cccc(F)c1)NCc1ccc(C)cc1SC.I. The minimum atomic E-state index is -0.393. The monoisotopic (exact) mass is 502 g/mol. The molecule has 5 nitrogen and oxygen atoms in total. The van der Waals surface area contributed by atoms with Gasteiger partial charge in [-0.1, -0.05) is 18.2 Å². The van der Waals surface area contributed by atoms with Crippen LogP contribution >= 0.6 is 35.7 Å². The van der Waals surface area contributed by atoms with Crippen molar-refractivity contribution >= 4 is 53.3 Å². The molecule has 0 heterocycles. The smallest absolute Gasteiger partial charge is 0.243 e. The van der Waals surface area contributed by atoms with Gasteiger partial charge >= 0.3 is 0 Å². The van der Waals surface area contributed by atoms with E-state index in [4.69, 9.17) is 0 Å². The number of halogens is 2. The summed E-state index contributed by atoms with van der Waals surface area (Å²) in [5.41, 5.74) is 2.80. The lowest BCUT2D eigenvalue weighted by Gasteiger charge is -2.14. The van der Waals surface area contributed by atoms with Crippen LogP contribution in [-0.2, 0) is 11.3 Å². The summed E-state index contributed by atoms with van der Waals surface area (Å²) < 4.78 is 13.1. The van der Waals surface area contributed by atoms with Crippen LogP contribution in [0.1, 0.15) is 11.1 Å². The van der Waals surface area contributed by atoms with Crippen molar-refractivity contribution in [3.8, 4) is 0 Å². The maximum Gasteiger partial charge on any atom is 0.243 e. The molecule has 2 aromatic rings. The van der Waals surface area contributed by atoms with Gasteiger partial charge in [-0.25, -0.2) is 4.39 Å². The van der Waals surface area contributed by atoms with Crippen LogP contribution in [0.15, 0.2) is 52.4 Å². The van der Waals surface area contributed by atoms with Crippen molar-refractivity contribution in [1.29, 1.82) is 0 Å². The van der Waals surface area contributed by atoms with Crippen LogP contribution in [0.5, 0.6) is 0 Å². The number of rotatable bonds is 6. The second kappa shape index (κ2) is 11.8. The first-order chi connectivity index (χ1) is 12.5. The van der Waals surface area contributed by atoms with Crippen LogP contribution in [0.2, 0.25) is 0 Å². The van der Waals surface area contributed by atoms with Crippen molar-refractivity contribution in [3.05, 3.63) is 59.4 Å². The second-order valence-corrected chi connectivity index (χ2v) is 6.50. The summed E-state index contributed by atoms with van der Waals surface area (Å²) >= 11 is 1.69. The molecular formula is C19H24FIN4OS. The third-order valence-corrected chi connectivity index (χ3v) is 4.46. The molecule has 0 aromatic heterocycles. The van der Waals surface area contributed by atoms with Gasteiger partial charge in [0.05, 0.1) is 6.54 Å². The fourth-order valence-electron chi connectivity index (χ4n) is 2.33. The highest BCUT2D eigenvalue weighted by molar-refractivity contribution is 14.0. The van der Waals surface area contributed by atoms with E-state index < -0.39 is 5.82 Å². The Labute approximate surface area is 180 Å². The third kappa shape index (κ3) is 7.76. The van der Waals surface area contributed by atoms with Crippen LogP contribution in [-0.4, -0.2) is 31.7 Å². The number of carbonyl (C=O) groups excluding carboxylic acids is 1. The number of aliphatic imine (C=N–C) groups is 1. The molecule has 1 amide bonds. The zero-order valence-electron chi connectivity index (χ0n) is 15.5. The molecule has 0 aliphatic heterocycles. The Balaban J connectivity index is 0.00000364. The first-order valence-corrected chi connectivity index (χ1v) is 9.37. The lowest BCUT2D eigenvalue weighted by molar-refractivity contribution is -0.115. The van der Waals surface area contributed by atoms with Crippen LogP contribution in [0.25, 0.3) is 0 Å². The fraction of sp³-hybridized carbons (Fsp3) is 0.263. The van der Waals surface area contributed by atoms with Crippen molar-refractivity contribution < 1.29 is 9.18 Å². The Morgan fingerprint density at radius 3 is 2.63 bits per heavy atom. The molecule has 0 fully saturated rings. The summed E-state index contributed by atoms with van der Waals surface area (Å²) in [5.74, 6) is -0.151. The molecule has 0 bridgehead atoms. The van der Waals surface area contributed by atoms with Crippen LogP contribution < -0.4 is 16.0 Å². The van der Waals surface area contributed by atoms with Crippen LogP contribution in [0.3, 0.4) is 0 Å². The Bertz CT molecular complexity index is 801. The first kappa shape index (κ1) is 23.2. The molecule has 0 aliphatic rings. The third-order valence-electron chi connectivity index (χ3n) is 3.64. The van der Waals surface area contributed by atoms with Crippen molar-refractivity contribution in [3.63, 3.8) is 0 Å². The van der Waals surface area contributed by atoms with E-state index in [2.05, 4.69) is 46.1 Å². The molecule has 27 heavy (non-hydrogen) atoms. The fourth-order valence-corrected chi connectivity index (χ4v) is 3.04. The number of hydrogen-bond acceptors (Lipinski definition) is 3. The molecule has 2 aromatic carbocycles. The summed E-state index contributed by atoms with van der Waals surface area (Å²) in [4.78, 5) is 17.3. The van der Waals surface area contributed by atoms with E-state index in [1.165, 1.54) is 22.6 Å². The Morgan fingerprint density at radius 2 is 1.96 bits per heavy atom. The van der Waals surface area contributed by atoms with Crippen molar-refractivity contribution in [2.45, 2.75) is 18.4 Å². The number of benzene rings is 2. The van der Waals surface area contributed by atoms with E-state index in [0.29, 0.717) is 18.2 Å². The molecule has 0 spiro atoms. The maximum atomic E-state index is 13.1. The zero-order valence-corrected chi connectivity index (χ0v) is 18.7. The molecule has 0 saturated carbocycles. The average molecular weight is 502 g/mol. The van der Waals surface area contributed by atoms with Crippen LogP contribution in [0.4, 0.5) is 10.1 Å². The van der Waals surface area contributed by atoms with E-state index in [0.717, 1.165) is 5.56 Å².